The normalized spacial score (nSPS) is 15.8. The van der Waals surface area contributed by atoms with Crippen LogP contribution in [0.15, 0.2) is 36.5 Å². The number of benzene rings is 1. The first-order valence-electron chi connectivity index (χ1n) is 6.89. The van der Waals surface area contributed by atoms with E-state index in [1.807, 2.05) is 37.3 Å². The average Bonchev–Trinajstić information content (AvgIpc) is 2.95. The third-order valence-electron chi connectivity index (χ3n) is 3.59. The molecule has 1 aromatic heterocycles. The van der Waals surface area contributed by atoms with E-state index >= 15 is 0 Å². The van der Waals surface area contributed by atoms with Crippen LogP contribution in [0.25, 0.3) is 0 Å². The maximum atomic E-state index is 10.1. The highest BCUT2D eigenvalue weighted by molar-refractivity contribution is 5.17. The SMILES string of the molecule is CCC(C)(O)c1cn(CC[C@H](O)c2ccccc2)nn1. The summed E-state index contributed by atoms with van der Waals surface area (Å²) in [7, 11) is 0. The molecule has 0 amide bonds. The molecule has 5 heteroatoms. The molecule has 1 heterocycles. The molecule has 0 spiro atoms. The quantitative estimate of drug-likeness (QED) is 0.846. The Kier molecular flexibility index (Phi) is 4.52. The molecule has 0 aliphatic carbocycles. The molecule has 0 bridgehead atoms. The van der Waals surface area contributed by atoms with Crippen LogP contribution in [-0.2, 0) is 12.1 Å². The molecule has 20 heavy (non-hydrogen) atoms. The largest absolute Gasteiger partial charge is 0.388 e. The Morgan fingerprint density at radius 1 is 1.30 bits per heavy atom. The molecule has 0 fully saturated rings. The molecular weight excluding hydrogens is 254 g/mol. The van der Waals surface area contributed by atoms with Crippen molar-refractivity contribution in [1.29, 1.82) is 0 Å². The maximum Gasteiger partial charge on any atom is 0.114 e. The van der Waals surface area contributed by atoms with Gasteiger partial charge in [0.05, 0.1) is 12.3 Å². The van der Waals surface area contributed by atoms with E-state index in [0.29, 0.717) is 25.1 Å². The van der Waals surface area contributed by atoms with E-state index in [1.165, 1.54) is 0 Å². The van der Waals surface area contributed by atoms with Gasteiger partial charge in [-0.15, -0.1) is 5.10 Å². The van der Waals surface area contributed by atoms with E-state index in [9.17, 15) is 10.2 Å². The molecule has 2 aromatic rings. The van der Waals surface area contributed by atoms with Gasteiger partial charge in [-0.05, 0) is 25.3 Å². The molecule has 0 aliphatic rings. The van der Waals surface area contributed by atoms with Gasteiger partial charge in [0.1, 0.15) is 11.3 Å². The smallest absolute Gasteiger partial charge is 0.114 e. The fourth-order valence-electron chi connectivity index (χ4n) is 1.93. The Hall–Kier alpha value is -1.72. The minimum absolute atomic E-state index is 0.518. The Morgan fingerprint density at radius 3 is 2.65 bits per heavy atom. The number of aliphatic hydroxyl groups excluding tert-OH is 1. The van der Waals surface area contributed by atoms with Gasteiger partial charge >= 0.3 is 0 Å². The van der Waals surface area contributed by atoms with E-state index in [-0.39, 0.29) is 0 Å². The van der Waals surface area contributed by atoms with Crippen molar-refractivity contribution in [3.8, 4) is 0 Å². The van der Waals surface area contributed by atoms with Crippen LogP contribution in [0.2, 0.25) is 0 Å². The predicted octanol–water partition coefficient (Wildman–Crippen LogP) is 2.02. The third-order valence-corrected chi connectivity index (χ3v) is 3.59. The Labute approximate surface area is 118 Å². The molecule has 2 atom stereocenters. The van der Waals surface area contributed by atoms with Crippen molar-refractivity contribution in [2.75, 3.05) is 0 Å². The second-order valence-corrected chi connectivity index (χ2v) is 5.21. The first kappa shape index (κ1) is 14.7. The van der Waals surface area contributed by atoms with E-state index in [2.05, 4.69) is 10.3 Å². The minimum Gasteiger partial charge on any atom is -0.388 e. The number of hydrogen-bond acceptors (Lipinski definition) is 4. The summed E-state index contributed by atoms with van der Waals surface area (Å²) in [5.74, 6) is 0. The van der Waals surface area contributed by atoms with E-state index < -0.39 is 11.7 Å². The van der Waals surface area contributed by atoms with E-state index in [4.69, 9.17) is 0 Å². The molecule has 1 unspecified atom stereocenters. The van der Waals surface area contributed by atoms with Crippen molar-refractivity contribution < 1.29 is 10.2 Å². The number of aryl methyl sites for hydroxylation is 1. The summed E-state index contributed by atoms with van der Waals surface area (Å²) in [6.45, 7) is 4.18. The number of nitrogens with zero attached hydrogens (tertiary/aromatic N) is 3. The van der Waals surface area contributed by atoms with Crippen molar-refractivity contribution in [2.45, 2.75) is 44.9 Å². The number of aliphatic hydroxyl groups is 2. The van der Waals surface area contributed by atoms with Gasteiger partial charge in [-0.25, -0.2) is 0 Å². The van der Waals surface area contributed by atoms with Crippen LogP contribution in [0.4, 0.5) is 0 Å². The van der Waals surface area contributed by atoms with E-state index in [0.717, 1.165) is 5.56 Å². The topological polar surface area (TPSA) is 71.2 Å². The number of hydrogen-bond donors (Lipinski definition) is 2. The summed E-state index contributed by atoms with van der Waals surface area (Å²) >= 11 is 0. The highest BCUT2D eigenvalue weighted by Gasteiger charge is 2.24. The van der Waals surface area contributed by atoms with Gasteiger partial charge in [0.25, 0.3) is 0 Å². The maximum absolute atomic E-state index is 10.1. The fourth-order valence-corrected chi connectivity index (χ4v) is 1.93. The highest BCUT2D eigenvalue weighted by Crippen LogP contribution is 2.22. The molecule has 0 saturated carbocycles. The lowest BCUT2D eigenvalue weighted by Gasteiger charge is -2.17. The van der Waals surface area contributed by atoms with Crippen molar-refractivity contribution in [3.05, 3.63) is 47.8 Å². The van der Waals surface area contributed by atoms with Gasteiger partial charge in [-0.3, -0.25) is 4.68 Å². The molecular formula is C15H21N3O2. The lowest BCUT2D eigenvalue weighted by molar-refractivity contribution is 0.0484. The van der Waals surface area contributed by atoms with Crippen LogP contribution in [0.5, 0.6) is 0 Å². The summed E-state index contributed by atoms with van der Waals surface area (Å²) in [4.78, 5) is 0. The van der Waals surface area contributed by atoms with Crippen LogP contribution >= 0.6 is 0 Å². The van der Waals surface area contributed by atoms with Crippen LogP contribution in [-0.4, -0.2) is 25.2 Å². The van der Waals surface area contributed by atoms with Gasteiger partial charge in [-0.1, -0.05) is 42.5 Å². The van der Waals surface area contributed by atoms with E-state index in [1.54, 1.807) is 17.8 Å². The standard InChI is InChI=1S/C15H21N3O2/c1-3-15(2,20)14-11-18(17-16-14)10-9-13(19)12-7-5-4-6-8-12/h4-8,11,13,19-20H,3,9-10H2,1-2H3/t13-,15?/m0/s1. The molecule has 1 aromatic carbocycles. The molecule has 2 N–H and O–H groups in total. The Bertz CT molecular complexity index is 537. The minimum atomic E-state index is -0.948. The second kappa shape index (κ2) is 6.15. The average molecular weight is 275 g/mol. The van der Waals surface area contributed by atoms with Gasteiger partial charge < -0.3 is 10.2 Å². The van der Waals surface area contributed by atoms with Crippen LogP contribution < -0.4 is 0 Å². The van der Waals surface area contributed by atoms with Gasteiger partial charge in [0.15, 0.2) is 0 Å². The molecule has 5 nitrogen and oxygen atoms in total. The zero-order chi connectivity index (χ0) is 14.6. The molecule has 0 saturated heterocycles. The Balaban J connectivity index is 1.95. The molecule has 0 radical (unpaired) electrons. The molecule has 108 valence electrons. The molecule has 0 aliphatic heterocycles. The van der Waals surface area contributed by atoms with Crippen molar-refractivity contribution >= 4 is 0 Å². The summed E-state index contributed by atoms with van der Waals surface area (Å²) in [5, 5.41) is 28.2. The zero-order valence-electron chi connectivity index (χ0n) is 11.9. The highest BCUT2D eigenvalue weighted by atomic mass is 16.3. The van der Waals surface area contributed by atoms with Crippen LogP contribution in [0.3, 0.4) is 0 Å². The monoisotopic (exact) mass is 275 g/mol. The summed E-state index contributed by atoms with van der Waals surface area (Å²) in [5.41, 5.74) is 0.513. The summed E-state index contributed by atoms with van der Waals surface area (Å²) < 4.78 is 1.66. The van der Waals surface area contributed by atoms with Crippen molar-refractivity contribution in [2.24, 2.45) is 0 Å². The van der Waals surface area contributed by atoms with Crippen LogP contribution in [0, 0.1) is 0 Å². The van der Waals surface area contributed by atoms with Gasteiger partial charge in [-0.2, -0.15) is 0 Å². The Morgan fingerprint density at radius 2 is 2.00 bits per heavy atom. The second-order valence-electron chi connectivity index (χ2n) is 5.21. The molecule has 2 rings (SSSR count). The predicted molar refractivity (Wildman–Crippen MR) is 75.9 cm³/mol. The summed E-state index contributed by atoms with van der Waals surface area (Å²) in [6, 6.07) is 9.54. The number of rotatable bonds is 6. The van der Waals surface area contributed by atoms with Crippen molar-refractivity contribution in [3.63, 3.8) is 0 Å². The van der Waals surface area contributed by atoms with Gasteiger partial charge in [0, 0.05) is 6.54 Å². The van der Waals surface area contributed by atoms with Crippen molar-refractivity contribution in [1.82, 2.24) is 15.0 Å². The first-order chi connectivity index (χ1) is 9.53. The van der Waals surface area contributed by atoms with Crippen LogP contribution in [0.1, 0.15) is 44.1 Å². The third kappa shape index (κ3) is 3.43. The summed E-state index contributed by atoms with van der Waals surface area (Å²) in [6.07, 6.45) is 2.36. The fraction of sp³-hybridized carbons (Fsp3) is 0.467. The lowest BCUT2D eigenvalue weighted by atomic mass is 10.0. The van der Waals surface area contributed by atoms with Gasteiger partial charge in [0.2, 0.25) is 0 Å². The lowest BCUT2D eigenvalue weighted by Crippen LogP contribution is -2.20. The zero-order valence-corrected chi connectivity index (χ0v) is 11.9. The first-order valence-corrected chi connectivity index (χ1v) is 6.89. The number of aromatic nitrogens is 3.